The molecule has 0 fully saturated rings. The number of hydrogen-bond acceptors (Lipinski definition) is 5. The number of nitrogen functional groups attached to an aromatic ring is 1. The molecule has 2 aromatic heterocycles. The van der Waals surface area contributed by atoms with E-state index >= 15 is 0 Å². The first-order valence-corrected chi connectivity index (χ1v) is 9.79. The Hall–Kier alpha value is -3.85. The Morgan fingerprint density at radius 2 is 1.78 bits per heavy atom. The number of nitrogens with two attached hydrogens (primary N) is 1. The molecule has 0 saturated carbocycles. The molecular weight excluding hydrogens is 416 g/mol. The smallest absolute Gasteiger partial charge is 0.257 e. The Morgan fingerprint density at radius 3 is 2.44 bits per heavy atom. The number of aliphatic hydroxyl groups is 1. The van der Waals surface area contributed by atoms with Crippen LogP contribution in [0.1, 0.15) is 23.1 Å². The molecule has 32 heavy (non-hydrogen) atoms. The van der Waals surface area contributed by atoms with Crippen molar-refractivity contribution in [1.29, 1.82) is 0 Å². The van der Waals surface area contributed by atoms with Crippen molar-refractivity contribution in [3.05, 3.63) is 71.2 Å². The third kappa shape index (κ3) is 3.90. The number of hydrogen-bond donors (Lipinski definition) is 3. The number of carbonyl (C=O) groups excluding carboxylic acids is 1. The van der Waals surface area contributed by atoms with E-state index in [1.54, 1.807) is 19.1 Å². The van der Waals surface area contributed by atoms with Gasteiger partial charge < -0.3 is 20.7 Å². The van der Waals surface area contributed by atoms with Crippen LogP contribution in [0.15, 0.2) is 42.6 Å². The fourth-order valence-electron chi connectivity index (χ4n) is 3.75. The fourth-order valence-corrected chi connectivity index (χ4v) is 3.75. The van der Waals surface area contributed by atoms with Gasteiger partial charge >= 0.3 is 0 Å². The van der Waals surface area contributed by atoms with Gasteiger partial charge in [-0.3, -0.25) is 4.79 Å². The quantitative estimate of drug-likeness (QED) is 0.451. The molecular formula is C23H21F2N5O2. The summed E-state index contributed by atoms with van der Waals surface area (Å²) in [6.07, 6.45) is 0.191. The molecule has 1 amide bonds. The van der Waals surface area contributed by atoms with Crippen LogP contribution in [0.2, 0.25) is 0 Å². The highest BCUT2D eigenvalue weighted by Crippen LogP contribution is 2.35. The number of anilines is 2. The Kier molecular flexibility index (Phi) is 5.35. The number of halogens is 2. The van der Waals surface area contributed by atoms with Crippen LogP contribution in [0.25, 0.3) is 22.2 Å². The van der Waals surface area contributed by atoms with E-state index in [1.807, 2.05) is 30.8 Å². The summed E-state index contributed by atoms with van der Waals surface area (Å²) in [6, 6.07) is 7.71. The van der Waals surface area contributed by atoms with E-state index in [9.17, 15) is 18.7 Å². The first-order valence-electron chi connectivity index (χ1n) is 9.79. The zero-order chi connectivity index (χ0) is 23.2. The zero-order valence-electron chi connectivity index (χ0n) is 17.6. The lowest BCUT2D eigenvalue weighted by Crippen LogP contribution is -2.21. The Morgan fingerprint density at radius 1 is 1.09 bits per heavy atom. The van der Waals surface area contributed by atoms with Crippen LogP contribution in [0.4, 0.5) is 20.3 Å². The summed E-state index contributed by atoms with van der Waals surface area (Å²) in [4.78, 5) is 21.1. The van der Waals surface area contributed by atoms with Gasteiger partial charge in [-0.15, -0.1) is 0 Å². The second-order valence-electron chi connectivity index (χ2n) is 7.63. The monoisotopic (exact) mass is 437 g/mol. The van der Waals surface area contributed by atoms with Crippen LogP contribution in [-0.4, -0.2) is 25.5 Å². The van der Waals surface area contributed by atoms with E-state index in [2.05, 4.69) is 15.3 Å². The maximum absolute atomic E-state index is 13.4. The van der Waals surface area contributed by atoms with Gasteiger partial charge in [-0.2, -0.15) is 0 Å². The highest BCUT2D eigenvalue weighted by molar-refractivity contribution is 6.02. The number of aromatic nitrogens is 3. The summed E-state index contributed by atoms with van der Waals surface area (Å²) >= 11 is 0. The summed E-state index contributed by atoms with van der Waals surface area (Å²) in [5.41, 5.74) is 9.69. The van der Waals surface area contributed by atoms with Gasteiger partial charge in [0.05, 0.1) is 5.39 Å². The molecule has 2 heterocycles. The number of aryl methyl sites for hydroxylation is 3. The number of amides is 1. The summed E-state index contributed by atoms with van der Waals surface area (Å²) in [5, 5.41) is 13.5. The summed E-state index contributed by atoms with van der Waals surface area (Å²) in [5.74, 6) is -1.60. The molecule has 0 bridgehead atoms. The van der Waals surface area contributed by atoms with Crippen molar-refractivity contribution < 1.29 is 18.7 Å². The molecule has 0 aliphatic heterocycles. The van der Waals surface area contributed by atoms with Crippen LogP contribution in [-0.2, 0) is 11.8 Å². The molecule has 0 spiro atoms. The minimum absolute atomic E-state index is 0.171. The van der Waals surface area contributed by atoms with Crippen LogP contribution in [0.5, 0.6) is 0 Å². The molecule has 4 rings (SSSR count). The van der Waals surface area contributed by atoms with Crippen molar-refractivity contribution >= 4 is 28.4 Å². The normalized spacial score (nSPS) is 12.2. The number of aliphatic hydroxyl groups excluding tert-OH is 1. The van der Waals surface area contributed by atoms with E-state index in [-0.39, 0.29) is 5.56 Å². The van der Waals surface area contributed by atoms with Crippen molar-refractivity contribution in [1.82, 2.24) is 14.5 Å². The highest BCUT2D eigenvalue weighted by atomic mass is 19.1. The SMILES string of the molecule is Cc1nc(N)c2c(-c3ccc(NC(=O)C(O)c4cc(F)cc(F)c4)cc3C)cn(C)c2n1. The van der Waals surface area contributed by atoms with E-state index in [0.717, 1.165) is 34.2 Å². The van der Waals surface area contributed by atoms with Gasteiger partial charge in [0.2, 0.25) is 0 Å². The first-order chi connectivity index (χ1) is 15.1. The van der Waals surface area contributed by atoms with Gasteiger partial charge in [0.25, 0.3) is 5.91 Å². The molecule has 9 heteroatoms. The van der Waals surface area contributed by atoms with Crippen molar-refractivity contribution in [3.8, 4) is 11.1 Å². The molecule has 0 aliphatic carbocycles. The zero-order valence-corrected chi connectivity index (χ0v) is 17.6. The maximum Gasteiger partial charge on any atom is 0.257 e. The molecule has 1 unspecified atom stereocenters. The van der Waals surface area contributed by atoms with Gasteiger partial charge in [0, 0.05) is 30.6 Å². The van der Waals surface area contributed by atoms with E-state index in [4.69, 9.17) is 5.73 Å². The highest BCUT2D eigenvalue weighted by Gasteiger charge is 2.20. The van der Waals surface area contributed by atoms with Crippen molar-refractivity contribution in [2.24, 2.45) is 7.05 Å². The molecule has 164 valence electrons. The molecule has 1 atom stereocenters. The van der Waals surface area contributed by atoms with Gasteiger partial charge in [0.1, 0.15) is 28.9 Å². The second kappa shape index (κ2) is 8.01. The topological polar surface area (TPSA) is 106 Å². The average Bonchev–Trinajstić information content (AvgIpc) is 3.03. The van der Waals surface area contributed by atoms with Gasteiger partial charge in [0.15, 0.2) is 6.10 Å². The van der Waals surface area contributed by atoms with Crippen molar-refractivity contribution in [2.75, 3.05) is 11.1 Å². The lowest BCUT2D eigenvalue weighted by Gasteiger charge is -2.14. The Bertz CT molecular complexity index is 1350. The first kappa shape index (κ1) is 21.4. The standard InChI is InChI=1S/C23H21F2N5O2/c1-11-6-16(29-23(32)20(31)13-7-14(24)9-15(25)8-13)4-5-17(11)18-10-30(3)22-19(18)21(26)27-12(2)28-22/h4-10,20,31H,1-3H3,(H,29,32)(H2,26,27,28). The number of nitrogens with zero attached hydrogens (tertiary/aromatic N) is 3. The second-order valence-corrected chi connectivity index (χ2v) is 7.63. The summed E-state index contributed by atoms with van der Waals surface area (Å²) in [6.45, 7) is 3.64. The molecule has 0 saturated heterocycles. The largest absolute Gasteiger partial charge is 0.383 e. The fraction of sp³-hybridized carbons (Fsp3) is 0.174. The number of rotatable bonds is 4. The summed E-state index contributed by atoms with van der Waals surface area (Å²) < 4.78 is 28.7. The molecule has 7 nitrogen and oxygen atoms in total. The summed E-state index contributed by atoms with van der Waals surface area (Å²) in [7, 11) is 1.87. The lowest BCUT2D eigenvalue weighted by atomic mass is 10.00. The Balaban J connectivity index is 1.63. The predicted molar refractivity (Wildman–Crippen MR) is 118 cm³/mol. The van der Waals surface area contributed by atoms with Crippen LogP contribution in [0.3, 0.4) is 0 Å². The van der Waals surface area contributed by atoms with E-state index in [1.165, 1.54) is 0 Å². The lowest BCUT2D eigenvalue weighted by molar-refractivity contribution is -0.124. The van der Waals surface area contributed by atoms with Crippen LogP contribution in [0, 0.1) is 25.5 Å². The minimum atomic E-state index is -1.72. The molecule has 4 aromatic rings. The van der Waals surface area contributed by atoms with Crippen molar-refractivity contribution in [3.63, 3.8) is 0 Å². The minimum Gasteiger partial charge on any atom is -0.383 e. The molecule has 2 aromatic carbocycles. The molecule has 0 aliphatic rings. The predicted octanol–water partition coefficient (Wildman–Crippen LogP) is 3.78. The third-order valence-electron chi connectivity index (χ3n) is 5.19. The third-order valence-corrected chi connectivity index (χ3v) is 5.19. The van der Waals surface area contributed by atoms with E-state index < -0.39 is 23.6 Å². The van der Waals surface area contributed by atoms with Crippen molar-refractivity contribution in [2.45, 2.75) is 20.0 Å². The molecule has 0 radical (unpaired) electrons. The molecule has 4 N–H and O–H groups in total. The van der Waals surface area contributed by atoms with Gasteiger partial charge in [-0.05, 0) is 54.8 Å². The Labute approximate surface area is 182 Å². The average molecular weight is 437 g/mol. The number of benzene rings is 2. The van der Waals surface area contributed by atoms with Gasteiger partial charge in [-0.25, -0.2) is 18.7 Å². The number of fused-ring (bicyclic) bond motifs is 1. The van der Waals surface area contributed by atoms with Crippen LogP contribution >= 0.6 is 0 Å². The number of carbonyl (C=O) groups is 1. The maximum atomic E-state index is 13.4. The van der Waals surface area contributed by atoms with Crippen LogP contribution < -0.4 is 11.1 Å². The van der Waals surface area contributed by atoms with Gasteiger partial charge in [-0.1, -0.05) is 6.07 Å². The number of nitrogens with one attached hydrogen (secondary N) is 1. The van der Waals surface area contributed by atoms with E-state index in [0.29, 0.717) is 29.0 Å².